The van der Waals surface area contributed by atoms with E-state index in [2.05, 4.69) is 5.32 Å². The third-order valence-corrected chi connectivity index (χ3v) is 4.94. The molecule has 0 bridgehead atoms. The normalized spacial score (nSPS) is 16.0. The summed E-state index contributed by atoms with van der Waals surface area (Å²) in [5.74, 6) is -0.330. The fourth-order valence-corrected chi connectivity index (χ4v) is 3.33. The van der Waals surface area contributed by atoms with E-state index in [1.807, 2.05) is 25.1 Å². The van der Waals surface area contributed by atoms with E-state index in [-0.39, 0.29) is 36.8 Å². The lowest BCUT2D eigenvalue weighted by Crippen LogP contribution is -2.43. The molecule has 0 radical (unpaired) electrons. The van der Waals surface area contributed by atoms with Gasteiger partial charge in [-0.15, -0.1) is 0 Å². The molecule has 0 aromatic heterocycles. The highest BCUT2D eigenvalue weighted by Crippen LogP contribution is 2.20. The molecule has 2 amide bonds. The Bertz CT molecular complexity index is 831. The molecule has 2 aromatic carbocycles. The van der Waals surface area contributed by atoms with Gasteiger partial charge in [0, 0.05) is 30.8 Å². The van der Waals surface area contributed by atoms with Crippen molar-refractivity contribution < 1.29 is 19.4 Å². The summed E-state index contributed by atoms with van der Waals surface area (Å²) < 4.78 is 5.67. The molecule has 1 saturated heterocycles. The quantitative estimate of drug-likeness (QED) is 0.772. The van der Waals surface area contributed by atoms with Crippen molar-refractivity contribution in [2.45, 2.75) is 32.4 Å². The molecule has 3 rings (SSSR count). The van der Waals surface area contributed by atoms with Crippen LogP contribution in [0.2, 0.25) is 0 Å². The molecule has 0 spiro atoms. The second kappa shape index (κ2) is 9.37. The van der Waals surface area contributed by atoms with E-state index in [1.54, 1.807) is 35.2 Å². The van der Waals surface area contributed by atoms with Gasteiger partial charge in [-0.1, -0.05) is 36.4 Å². The number of nitrogens with zero attached hydrogens (tertiary/aromatic N) is 1. The van der Waals surface area contributed by atoms with Crippen LogP contribution in [0.1, 0.15) is 34.3 Å². The predicted molar refractivity (Wildman–Crippen MR) is 106 cm³/mol. The second-order valence-corrected chi connectivity index (χ2v) is 7.04. The topological polar surface area (TPSA) is 78.9 Å². The SMILES string of the molecule is Cc1ccccc1C(=O)NCC(=O)N(Cc1ccccc1O)CC1CCCO1. The monoisotopic (exact) mass is 382 g/mol. The van der Waals surface area contributed by atoms with Gasteiger partial charge < -0.3 is 20.1 Å². The van der Waals surface area contributed by atoms with E-state index >= 15 is 0 Å². The molecule has 1 heterocycles. The molecule has 1 fully saturated rings. The first kappa shape index (κ1) is 19.9. The first-order chi connectivity index (χ1) is 13.5. The first-order valence-corrected chi connectivity index (χ1v) is 9.54. The zero-order valence-corrected chi connectivity index (χ0v) is 16.1. The van der Waals surface area contributed by atoms with Crippen LogP contribution in [0.15, 0.2) is 48.5 Å². The molecule has 1 aliphatic heterocycles. The number of carbonyl (C=O) groups excluding carboxylic acids is 2. The van der Waals surface area contributed by atoms with Crippen LogP contribution in [0, 0.1) is 6.92 Å². The summed E-state index contributed by atoms with van der Waals surface area (Å²) in [5, 5.41) is 12.8. The second-order valence-electron chi connectivity index (χ2n) is 7.04. The highest BCUT2D eigenvalue weighted by atomic mass is 16.5. The van der Waals surface area contributed by atoms with Gasteiger partial charge >= 0.3 is 0 Å². The summed E-state index contributed by atoms with van der Waals surface area (Å²) in [4.78, 5) is 26.9. The van der Waals surface area contributed by atoms with Gasteiger partial charge in [0.2, 0.25) is 5.91 Å². The Morgan fingerprint density at radius 1 is 1.18 bits per heavy atom. The lowest BCUT2D eigenvalue weighted by Gasteiger charge is -2.26. The Hall–Kier alpha value is -2.86. The third-order valence-electron chi connectivity index (χ3n) is 4.94. The zero-order chi connectivity index (χ0) is 19.9. The molecular weight excluding hydrogens is 356 g/mol. The lowest BCUT2D eigenvalue weighted by molar-refractivity contribution is -0.132. The van der Waals surface area contributed by atoms with Gasteiger partial charge in [-0.05, 0) is 37.5 Å². The van der Waals surface area contributed by atoms with E-state index in [1.165, 1.54) is 0 Å². The molecule has 2 N–H and O–H groups in total. The van der Waals surface area contributed by atoms with Crippen LogP contribution >= 0.6 is 0 Å². The summed E-state index contributed by atoms with van der Waals surface area (Å²) in [7, 11) is 0. The fraction of sp³-hybridized carbons (Fsp3) is 0.364. The summed E-state index contributed by atoms with van der Waals surface area (Å²) in [6.07, 6.45) is 1.87. The fourth-order valence-electron chi connectivity index (χ4n) is 3.33. The number of phenols is 1. The molecule has 148 valence electrons. The van der Waals surface area contributed by atoms with E-state index in [9.17, 15) is 14.7 Å². The average molecular weight is 382 g/mol. The van der Waals surface area contributed by atoms with E-state index in [0.29, 0.717) is 24.3 Å². The molecule has 6 nitrogen and oxygen atoms in total. The van der Waals surface area contributed by atoms with Crippen LogP contribution in [-0.4, -0.2) is 47.6 Å². The summed E-state index contributed by atoms with van der Waals surface area (Å²) in [5.41, 5.74) is 2.08. The predicted octanol–water partition coefficient (Wildman–Crippen LogP) is 2.64. The van der Waals surface area contributed by atoms with Gasteiger partial charge in [-0.2, -0.15) is 0 Å². The van der Waals surface area contributed by atoms with Gasteiger partial charge in [0.05, 0.1) is 12.6 Å². The molecule has 28 heavy (non-hydrogen) atoms. The largest absolute Gasteiger partial charge is 0.508 e. The van der Waals surface area contributed by atoms with Crippen LogP contribution in [0.25, 0.3) is 0 Å². The Kier molecular flexibility index (Phi) is 6.66. The van der Waals surface area contributed by atoms with Crippen molar-refractivity contribution in [2.75, 3.05) is 19.7 Å². The van der Waals surface area contributed by atoms with Crippen molar-refractivity contribution in [2.24, 2.45) is 0 Å². The number of para-hydroxylation sites is 1. The van der Waals surface area contributed by atoms with Crippen LogP contribution in [0.4, 0.5) is 0 Å². The number of amides is 2. The standard InChI is InChI=1S/C22H26N2O4/c1-16-7-2-4-10-19(16)22(27)23-13-21(26)24(15-18-9-6-12-28-18)14-17-8-3-5-11-20(17)25/h2-5,7-8,10-11,18,25H,6,9,12-15H2,1H3,(H,23,27). The van der Waals surface area contributed by atoms with Crippen molar-refractivity contribution in [1.29, 1.82) is 0 Å². The first-order valence-electron chi connectivity index (χ1n) is 9.54. The number of nitrogens with one attached hydrogen (secondary N) is 1. The highest BCUT2D eigenvalue weighted by molar-refractivity contribution is 5.97. The number of benzene rings is 2. The maximum atomic E-state index is 12.8. The van der Waals surface area contributed by atoms with Gasteiger partial charge in [-0.25, -0.2) is 0 Å². The average Bonchev–Trinajstić information content (AvgIpc) is 3.20. The van der Waals surface area contributed by atoms with Crippen LogP contribution in [-0.2, 0) is 16.1 Å². The van der Waals surface area contributed by atoms with E-state index < -0.39 is 0 Å². The molecular formula is C22H26N2O4. The summed E-state index contributed by atoms with van der Waals surface area (Å²) in [6, 6.07) is 14.2. The molecule has 0 saturated carbocycles. The highest BCUT2D eigenvalue weighted by Gasteiger charge is 2.24. The van der Waals surface area contributed by atoms with Crippen LogP contribution in [0.5, 0.6) is 5.75 Å². The lowest BCUT2D eigenvalue weighted by atomic mass is 10.1. The number of aryl methyl sites for hydroxylation is 1. The van der Waals surface area contributed by atoms with Gasteiger partial charge in [0.15, 0.2) is 0 Å². The van der Waals surface area contributed by atoms with Crippen molar-refractivity contribution in [3.8, 4) is 5.75 Å². The third kappa shape index (κ3) is 5.10. The Morgan fingerprint density at radius 3 is 2.64 bits per heavy atom. The van der Waals surface area contributed by atoms with Crippen molar-refractivity contribution in [3.05, 3.63) is 65.2 Å². The Morgan fingerprint density at radius 2 is 1.93 bits per heavy atom. The molecule has 1 aliphatic rings. The van der Waals surface area contributed by atoms with Crippen molar-refractivity contribution in [1.82, 2.24) is 10.2 Å². The number of rotatable bonds is 7. The van der Waals surface area contributed by atoms with Gasteiger partial charge in [-0.3, -0.25) is 9.59 Å². The Balaban J connectivity index is 1.66. The van der Waals surface area contributed by atoms with Gasteiger partial charge in [0.1, 0.15) is 5.75 Å². The number of phenolic OH excluding ortho intramolecular Hbond substituents is 1. The zero-order valence-electron chi connectivity index (χ0n) is 16.1. The number of hydrogen-bond acceptors (Lipinski definition) is 4. The number of aromatic hydroxyl groups is 1. The van der Waals surface area contributed by atoms with Crippen LogP contribution < -0.4 is 5.32 Å². The minimum absolute atomic E-state index is 0.0122. The molecule has 1 unspecified atom stereocenters. The van der Waals surface area contributed by atoms with Crippen molar-refractivity contribution >= 4 is 11.8 Å². The summed E-state index contributed by atoms with van der Waals surface area (Å²) in [6.45, 7) is 3.17. The summed E-state index contributed by atoms with van der Waals surface area (Å²) >= 11 is 0. The smallest absolute Gasteiger partial charge is 0.251 e. The molecule has 1 atom stereocenters. The van der Waals surface area contributed by atoms with Gasteiger partial charge in [0.25, 0.3) is 5.91 Å². The van der Waals surface area contributed by atoms with Crippen molar-refractivity contribution in [3.63, 3.8) is 0 Å². The van der Waals surface area contributed by atoms with E-state index in [4.69, 9.17) is 4.74 Å². The minimum Gasteiger partial charge on any atom is -0.508 e. The maximum Gasteiger partial charge on any atom is 0.251 e. The van der Waals surface area contributed by atoms with E-state index in [0.717, 1.165) is 18.4 Å². The molecule has 2 aromatic rings. The number of ether oxygens (including phenoxy) is 1. The number of hydrogen-bond donors (Lipinski definition) is 2. The van der Waals surface area contributed by atoms with Crippen LogP contribution in [0.3, 0.4) is 0 Å². The number of carbonyl (C=O) groups is 2. The Labute approximate surface area is 165 Å². The molecule has 6 heteroatoms. The molecule has 0 aliphatic carbocycles. The minimum atomic E-state index is -0.272. The maximum absolute atomic E-state index is 12.8.